The molecule has 0 saturated carbocycles. The Morgan fingerprint density at radius 2 is 2.17 bits per heavy atom. The van der Waals surface area contributed by atoms with Crippen molar-refractivity contribution < 1.29 is 9.53 Å². The van der Waals surface area contributed by atoms with Gasteiger partial charge in [-0.3, -0.25) is 9.78 Å². The molecule has 5 nitrogen and oxygen atoms in total. The maximum absolute atomic E-state index is 11.5. The van der Waals surface area contributed by atoms with E-state index in [-0.39, 0.29) is 5.56 Å². The molecule has 0 bridgehead atoms. The first kappa shape index (κ1) is 12.0. The predicted octanol–water partition coefficient (Wildman–Crippen LogP) is 1.08. The van der Waals surface area contributed by atoms with Crippen LogP contribution in [-0.4, -0.2) is 22.6 Å². The van der Waals surface area contributed by atoms with E-state index in [0.717, 1.165) is 0 Å². The Morgan fingerprint density at radius 1 is 1.33 bits per heavy atom. The highest BCUT2D eigenvalue weighted by Crippen LogP contribution is 2.03. The van der Waals surface area contributed by atoms with E-state index in [1.54, 1.807) is 35.0 Å². The minimum atomic E-state index is -0.425. The summed E-state index contributed by atoms with van der Waals surface area (Å²) in [6.45, 7) is 0.376. The molecule has 5 heteroatoms. The van der Waals surface area contributed by atoms with Gasteiger partial charge in [0.1, 0.15) is 0 Å². The lowest BCUT2D eigenvalue weighted by molar-refractivity contribution is 0.0600. The highest BCUT2D eigenvalue weighted by Gasteiger charge is 2.05. The third-order valence-electron chi connectivity index (χ3n) is 2.48. The van der Waals surface area contributed by atoms with Crippen LogP contribution in [0.2, 0.25) is 0 Å². The van der Waals surface area contributed by atoms with Gasteiger partial charge < -0.3 is 9.30 Å². The number of hydrogen-bond acceptors (Lipinski definition) is 4. The Morgan fingerprint density at radius 3 is 2.78 bits per heavy atom. The summed E-state index contributed by atoms with van der Waals surface area (Å²) < 4.78 is 6.12. The van der Waals surface area contributed by atoms with Gasteiger partial charge in [0.25, 0.3) is 5.56 Å². The molecule has 0 saturated heterocycles. The molecule has 0 N–H and O–H groups in total. The van der Waals surface area contributed by atoms with Crippen molar-refractivity contribution in [3.63, 3.8) is 0 Å². The zero-order chi connectivity index (χ0) is 13.0. The van der Waals surface area contributed by atoms with Gasteiger partial charge >= 0.3 is 5.97 Å². The molecule has 0 aliphatic heterocycles. The van der Waals surface area contributed by atoms with E-state index in [9.17, 15) is 9.59 Å². The van der Waals surface area contributed by atoms with E-state index in [1.807, 2.05) is 0 Å². The monoisotopic (exact) mass is 244 g/mol. The fourth-order valence-electron chi connectivity index (χ4n) is 1.52. The molecule has 92 valence electrons. The lowest BCUT2D eigenvalue weighted by Crippen LogP contribution is -2.18. The second kappa shape index (κ2) is 5.27. The zero-order valence-corrected chi connectivity index (χ0v) is 9.87. The van der Waals surface area contributed by atoms with E-state index in [1.165, 1.54) is 19.4 Å². The van der Waals surface area contributed by atoms with Gasteiger partial charge in [-0.15, -0.1) is 0 Å². The topological polar surface area (TPSA) is 61.2 Å². The Hall–Kier alpha value is -2.43. The molecule has 2 aromatic heterocycles. The van der Waals surface area contributed by atoms with Gasteiger partial charge in [0.15, 0.2) is 0 Å². The van der Waals surface area contributed by atoms with E-state index in [4.69, 9.17) is 0 Å². The molecular formula is C13H12N2O3. The minimum absolute atomic E-state index is 0.0867. The minimum Gasteiger partial charge on any atom is -0.465 e. The molecule has 0 aromatic carbocycles. The number of hydrogen-bond donors (Lipinski definition) is 0. The summed E-state index contributed by atoms with van der Waals surface area (Å²) in [5.74, 6) is -0.425. The summed E-state index contributed by atoms with van der Waals surface area (Å²) in [5, 5.41) is 0. The van der Waals surface area contributed by atoms with E-state index >= 15 is 0 Å². The Labute approximate surface area is 104 Å². The van der Waals surface area contributed by atoms with Crippen LogP contribution in [0.15, 0.2) is 47.5 Å². The van der Waals surface area contributed by atoms with Crippen LogP contribution in [0.25, 0.3) is 0 Å². The Kier molecular flexibility index (Phi) is 3.52. The van der Waals surface area contributed by atoms with Gasteiger partial charge in [0.2, 0.25) is 0 Å². The third-order valence-corrected chi connectivity index (χ3v) is 2.48. The molecular weight excluding hydrogens is 232 g/mol. The number of ether oxygens (including phenoxy) is 1. The molecule has 0 aliphatic rings. The van der Waals surface area contributed by atoms with Crippen molar-refractivity contribution >= 4 is 5.97 Å². The number of esters is 1. The number of nitrogens with zero attached hydrogens (tertiary/aromatic N) is 2. The SMILES string of the molecule is COC(=O)c1ccc(Cn2ccccc2=O)nc1. The number of aromatic nitrogens is 2. The van der Waals surface area contributed by atoms with Crippen LogP contribution in [-0.2, 0) is 11.3 Å². The van der Waals surface area contributed by atoms with E-state index in [2.05, 4.69) is 9.72 Å². The summed E-state index contributed by atoms with van der Waals surface area (Å²) in [5.41, 5.74) is 1.01. The Bertz CT molecular complexity index is 602. The van der Waals surface area contributed by atoms with Crippen LogP contribution in [0.4, 0.5) is 0 Å². The maximum atomic E-state index is 11.5. The first-order chi connectivity index (χ1) is 8.70. The van der Waals surface area contributed by atoms with Gasteiger partial charge in [-0.25, -0.2) is 4.79 Å². The van der Waals surface area contributed by atoms with Crippen LogP contribution in [0, 0.1) is 0 Å². The number of carbonyl (C=O) groups is 1. The van der Waals surface area contributed by atoms with Crippen molar-refractivity contribution in [3.05, 3.63) is 64.3 Å². The standard InChI is InChI=1S/C13H12N2O3/c1-18-13(17)10-5-6-11(14-8-10)9-15-7-3-2-4-12(15)16/h2-8H,9H2,1H3. The van der Waals surface area contributed by atoms with Crippen LogP contribution < -0.4 is 5.56 Å². The fraction of sp³-hybridized carbons (Fsp3) is 0.154. The summed E-state index contributed by atoms with van der Waals surface area (Å²) in [6, 6.07) is 8.29. The summed E-state index contributed by atoms with van der Waals surface area (Å²) >= 11 is 0. The summed E-state index contributed by atoms with van der Waals surface area (Å²) in [6.07, 6.45) is 3.13. The quantitative estimate of drug-likeness (QED) is 0.758. The number of pyridine rings is 2. The number of rotatable bonds is 3. The largest absolute Gasteiger partial charge is 0.465 e. The second-order valence-corrected chi connectivity index (χ2v) is 3.70. The van der Waals surface area contributed by atoms with E-state index in [0.29, 0.717) is 17.8 Å². The number of carbonyl (C=O) groups excluding carboxylic acids is 1. The van der Waals surface area contributed by atoms with Crippen molar-refractivity contribution in [2.75, 3.05) is 7.11 Å². The first-order valence-electron chi connectivity index (χ1n) is 5.39. The summed E-state index contributed by atoms with van der Waals surface area (Å²) in [4.78, 5) is 26.8. The molecule has 0 spiro atoms. The molecule has 0 fully saturated rings. The van der Waals surface area contributed by atoms with Crippen molar-refractivity contribution in [1.82, 2.24) is 9.55 Å². The molecule has 0 radical (unpaired) electrons. The molecule has 0 amide bonds. The van der Waals surface area contributed by atoms with Crippen LogP contribution in [0.5, 0.6) is 0 Å². The Balaban J connectivity index is 2.19. The highest BCUT2D eigenvalue weighted by molar-refractivity contribution is 5.88. The van der Waals surface area contributed by atoms with E-state index < -0.39 is 5.97 Å². The van der Waals surface area contributed by atoms with Crippen LogP contribution >= 0.6 is 0 Å². The molecule has 2 heterocycles. The van der Waals surface area contributed by atoms with Gasteiger partial charge in [-0.05, 0) is 18.2 Å². The lowest BCUT2D eigenvalue weighted by Gasteiger charge is -2.05. The molecule has 18 heavy (non-hydrogen) atoms. The van der Waals surface area contributed by atoms with Gasteiger partial charge in [0.05, 0.1) is 24.9 Å². The first-order valence-corrected chi connectivity index (χ1v) is 5.39. The molecule has 0 unspecified atom stereocenters. The zero-order valence-electron chi connectivity index (χ0n) is 9.87. The molecule has 0 atom stereocenters. The van der Waals surface area contributed by atoms with Crippen molar-refractivity contribution in [2.45, 2.75) is 6.54 Å². The second-order valence-electron chi connectivity index (χ2n) is 3.70. The molecule has 2 aromatic rings. The highest BCUT2D eigenvalue weighted by atomic mass is 16.5. The van der Waals surface area contributed by atoms with Crippen molar-refractivity contribution in [1.29, 1.82) is 0 Å². The van der Waals surface area contributed by atoms with Crippen LogP contribution in [0.1, 0.15) is 16.1 Å². The van der Waals surface area contributed by atoms with Gasteiger partial charge in [0, 0.05) is 18.5 Å². The van der Waals surface area contributed by atoms with Gasteiger partial charge in [-0.1, -0.05) is 6.07 Å². The average Bonchev–Trinajstić information content (AvgIpc) is 2.41. The maximum Gasteiger partial charge on any atom is 0.339 e. The average molecular weight is 244 g/mol. The van der Waals surface area contributed by atoms with Gasteiger partial charge in [-0.2, -0.15) is 0 Å². The fourth-order valence-corrected chi connectivity index (χ4v) is 1.52. The predicted molar refractivity (Wildman–Crippen MR) is 65.4 cm³/mol. The van der Waals surface area contributed by atoms with Crippen molar-refractivity contribution in [3.8, 4) is 0 Å². The normalized spacial score (nSPS) is 10.1. The molecule has 0 aliphatic carbocycles. The van der Waals surface area contributed by atoms with Crippen molar-refractivity contribution in [2.24, 2.45) is 0 Å². The third kappa shape index (κ3) is 2.63. The number of methoxy groups -OCH3 is 1. The molecule has 2 rings (SSSR count). The van der Waals surface area contributed by atoms with Crippen LogP contribution in [0.3, 0.4) is 0 Å². The smallest absolute Gasteiger partial charge is 0.339 e. The summed E-state index contributed by atoms with van der Waals surface area (Å²) in [7, 11) is 1.32. The lowest BCUT2D eigenvalue weighted by atomic mass is 10.2.